The van der Waals surface area contributed by atoms with Gasteiger partial charge in [0, 0.05) is 15.9 Å². The lowest BCUT2D eigenvalue weighted by molar-refractivity contribution is -0.138. The van der Waals surface area contributed by atoms with Crippen LogP contribution in [0.4, 0.5) is 5.69 Å². The molecular weight excluding hydrogens is 446 g/mol. The summed E-state index contributed by atoms with van der Waals surface area (Å²) >= 11 is 3.40. The highest BCUT2D eigenvalue weighted by Gasteiger charge is 2.38. The molecule has 30 heavy (non-hydrogen) atoms. The van der Waals surface area contributed by atoms with E-state index in [4.69, 9.17) is 9.47 Å². The van der Waals surface area contributed by atoms with Crippen molar-refractivity contribution in [1.29, 1.82) is 0 Å². The second kappa shape index (κ2) is 9.59. The Labute approximate surface area is 184 Å². The topological polar surface area (TPSA) is 55.8 Å². The minimum absolute atomic E-state index is 0.222. The second-order valence-corrected chi connectivity index (χ2v) is 7.44. The van der Waals surface area contributed by atoms with Gasteiger partial charge in [-0.2, -0.15) is 0 Å². The predicted octanol–water partition coefficient (Wildman–Crippen LogP) is 5.28. The number of amides is 1. The average molecular weight is 468 g/mol. The molecule has 0 bridgehead atoms. The summed E-state index contributed by atoms with van der Waals surface area (Å²) in [7, 11) is 0. The molecule has 2 aromatic carbocycles. The molecule has 0 radical (unpaired) electrons. The molecule has 154 valence electrons. The van der Waals surface area contributed by atoms with Gasteiger partial charge < -0.3 is 9.47 Å². The Kier molecular flexibility index (Phi) is 6.90. The van der Waals surface area contributed by atoms with E-state index < -0.39 is 5.97 Å². The molecule has 1 heterocycles. The Hall–Kier alpha value is -3.12. The lowest BCUT2D eigenvalue weighted by atomic mass is 10.0. The van der Waals surface area contributed by atoms with Gasteiger partial charge in [-0.1, -0.05) is 40.7 Å². The van der Waals surface area contributed by atoms with Crippen LogP contribution in [0, 0.1) is 0 Å². The van der Waals surface area contributed by atoms with Crippen LogP contribution in [0.2, 0.25) is 0 Å². The number of halogens is 1. The fourth-order valence-electron chi connectivity index (χ4n) is 3.20. The van der Waals surface area contributed by atoms with Crippen LogP contribution in [-0.4, -0.2) is 25.1 Å². The van der Waals surface area contributed by atoms with Crippen LogP contribution in [0.1, 0.15) is 19.4 Å². The van der Waals surface area contributed by atoms with E-state index in [1.165, 1.54) is 4.90 Å². The molecule has 2 aromatic rings. The van der Waals surface area contributed by atoms with E-state index >= 15 is 0 Å². The normalized spacial score (nSPS) is 15.0. The number of ether oxygens (including phenoxy) is 2. The molecule has 0 unspecified atom stereocenters. The summed E-state index contributed by atoms with van der Waals surface area (Å²) in [6.45, 7) is 7.73. The molecule has 0 aliphatic carbocycles. The first-order valence-electron chi connectivity index (χ1n) is 9.50. The molecule has 6 heteroatoms. The summed E-state index contributed by atoms with van der Waals surface area (Å²) in [5.74, 6) is -0.151. The average Bonchev–Trinajstić information content (AvgIpc) is 2.97. The number of nitrogens with zero attached hydrogens (tertiary/aromatic N) is 1. The molecule has 0 saturated heterocycles. The van der Waals surface area contributed by atoms with Crippen molar-refractivity contribution in [2.45, 2.75) is 13.8 Å². The smallest absolute Gasteiger partial charge is 0.340 e. The van der Waals surface area contributed by atoms with Crippen molar-refractivity contribution in [2.75, 3.05) is 18.1 Å². The maximum absolute atomic E-state index is 13.3. The number of carbonyl (C=O) groups excluding carboxylic acids is 2. The number of rotatable bonds is 7. The number of benzene rings is 2. The number of hydrogen-bond donors (Lipinski definition) is 0. The van der Waals surface area contributed by atoms with Gasteiger partial charge in [0.2, 0.25) is 0 Å². The third-order valence-corrected chi connectivity index (χ3v) is 5.03. The van der Waals surface area contributed by atoms with Crippen LogP contribution < -0.4 is 9.64 Å². The van der Waals surface area contributed by atoms with Crippen molar-refractivity contribution >= 4 is 39.6 Å². The highest BCUT2D eigenvalue weighted by atomic mass is 79.9. The van der Waals surface area contributed by atoms with Gasteiger partial charge in [0.1, 0.15) is 12.4 Å². The Bertz CT molecular complexity index is 1040. The molecule has 0 fully saturated rings. The van der Waals surface area contributed by atoms with Crippen LogP contribution in [0.25, 0.3) is 6.08 Å². The standard InChI is InChI=1S/C24H22BrNO4/c1-4-13-30-20-8-6-7-17(14-20)15-21-22(24(28)29-5-2)16(3)26(23(21)27)19-11-9-18(25)10-12-19/h4,6-12,14-15H,1,5,13H2,2-3H3/b21-15-. The monoisotopic (exact) mass is 467 g/mol. The van der Waals surface area contributed by atoms with E-state index in [0.29, 0.717) is 23.7 Å². The third-order valence-electron chi connectivity index (χ3n) is 4.50. The predicted molar refractivity (Wildman–Crippen MR) is 121 cm³/mol. The zero-order chi connectivity index (χ0) is 21.7. The highest BCUT2D eigenvalue weighted by Crippen LogP contribution is 2.36. The van der Waals surface area contributed by atoms with Gasteiger partial charge in [-0.25, -0.2) is 4.79 Å². The fourth-order valence-corrected chi connectivity index (χ4v) is 3.46. The summed E-state index contributed by atoms with van der Waals surface area (Å²) in [6.07, 6.45) is 3.35. The first-order valence-corrected chi connectivity index (χ1v) is 10.3. The number of allylic oxidation sites excluding steroid dienone is 1. The molecule has 1 aliphatic rings. The van der Waals surface area contributed by atoms with Crippen LogP contribution in [0.5, 0.6) is 5.75 Å². The van der Waals surface area contributed by atoms with E-state index in [-0.39, 0.29) is 23.7 Å². The number of carbonyl (C=O) groups is 2. The minimum atomic E-state index is -0.520. The van der Waals surface area contributed by atoms with Crippen molar-refractivity contribution in [3.63, 3.8) is 0 Å². The first-order chi connectivity index (χ1) is 14.5. The van der Waals surface area contributed by atoms with E-state index in [1.54, 1.807) is 26.0 Å². The van der Waals surface area contributed by atoms with Crippen molar-refractivity contribution in [3.8, 4) is 5.75 Å². The summed E-state index contributed by atoms with van der Waals surface area (Å²) in [5, 5.41) is 0. The molecule has 1 amide bonds. The van der Waals surface area contributed by atoms with Gasteiger partial charge in [0.05, 0.1) is 17.8 Å². The molecule has 0 N–H and O–H groups in total. The fraction of sp³-hybridized carbons (Fsp3) is 0.167. The SMILES string of the molecule is C=CCOc1cccc(/C=C2\C(=O)N(c3ccc(Br)cc3)C(C)=C2C(=O)OCC)c1. The molecule has 0 saturated carbocycles. The quantitative estimate of drug-likeness (QED) is 0.315. The molecular formula is C24H22BrNO4. The van der Waals surface area contributed by atoms with Gasteiger partial charge in [-0.15, -0.1) is 0 Å². The largest absolute Gasteiger partial charge is 0.490 e. The second-order valence-electron chi connectivity index (χ2n) is 6.53. The van der Waals surface area contributed by atoms with Crippen LogP contribution in [0.3, 0.4) is 0 Å². The molecule has 3 rings (SSSR count). The van der Waals surface area contributed by atoms with E-state index in [9.17, 15) is 9.59 Å². The van der Waals surface area contributed by atoms with Crippen molar-refractivity contribution in [1.82, 2.24) is 0 Å². The Morgan fingerprint density at radius 3 is 2.60 bits per heavy atom. The Balaban J connectivity index is 2.06. The van der Waals surface area contributed by atoms with Gasteiger partial charge in [0.15, 0.2) is 0 Å². The highest BCUT2D eigenvalue weighted by molar-refractivity contribution is 9.10. The van der Waals surface area contributed by atoms with Crippen LogP contribution in [-0.2, 0) is 14.3 Å². The first kappa shape index (κ1) is 21.6. The van der Waals surface area contributed by atoms with Crippen molar-refractivity contribution in [3.05, 3.63) is 88.1 Å². The van der Waals surface area contributed by atoms with E-state index in [2.05, 4.69) is 22.5 Å². The molecule has 0 spiro atoms. The maximum atomic E-state index is 13.3. The summed E-state index contributed by atoms with van der Waals surface area (Å²) in [6, 6.07) is 14.7. The Morgan fingerprint density at radius 2 is 1.93 bits per heavy atom. The summed E-state index contributed by atoms with van der Waals surface area (Å²) in [4.78, 5) is 27.6. The zero-order valence-corrected chi connectivity index (χ0v) is 18.4. The summed E-state index contributed by atoms with van der Waals surface area (Å²) < 4.78 is 11.7. The lowest BCUT2D eigenvalue weighted by Gasteiger charge is -2.18. The number of esters is 1. The van der Waals surface area contributed by atoms with Gasteiger partial charge >= 0.3 is 5.97 Å². The van der Waals surface area contributed by atoms with Gasteiger partial charge in [-0.05, 0) is 61.9 Å². The lowest BCUT2D eigenvalue weighted by Crippen LogP contribution is -2.24. The van der Waals surface area contributed by atoms with E-state index in [1.807, 2.05) is 48.5 Å². The van der Waals surface area contributed by atoms with Gasteiger partial charge in [0.25, 0.3) is 5.91 Å². The number of hydrogen-bond acceptors (Lipinski definition) is 4. The van der Waals surface area contributed by atoms with Crippen LogP contribution in [0.15, 0.2) is 82.5 Å². The van der Waals surface area contributed by atoms with E-state index in [0.717, 1.165) is 10.0 Å². The van der Waals surface area contributed by atoms with Crippen LogP contribution >= 0.6 is 15.9 Å². The zero-order valence-electron chi connectivity index (χ0n) is 16.9. The van der Waals surface area contributed by atoms with Crippen molar-refractivity contribution < 1.29 is 19.1 Å². The molecule has 1 aliphatic heterocycles. The number of anilines is 1. The maximum Gasteiger partial charge on any atom is 0.340 e. The molecule has 0 aromatic heterocycles. The molecule has 5 nitrogen and oxygen atoms in total. The van der Waals surface area contributed by atoms with Gasteiger partial charge in [-0.3, -0.25) is 9.69 Å². The Morgan fingerprint density at radius 1 is 1.20 bits per heavy atom. The minimum Gasteiger partial charge on any atom is -0.490 e. The van der Waals surface area contributed by atoms with Crippen molar-refractivity contribution in [2.24, 2.45) is 0 Å². The molecule has 0 atom stereocenters. The third kappa shape index (κ3) is 4.54. The summed E-state index contributed by atoms with van der Waals surface area (Å²) in [5.41, 5.74) is 2.50.